The lowest BCUT2D eigenvalue weighted by Gasteiger charge is -2.38. The number of piperazine rings is 1. The standard InChI is InChI=1S/C20H30N2O3/c1-19(2,3)25-18(23)22-11-10-21-13-16(22)14-6-7-17-15(12-14)8-9-20(4,5)24-17/h6-7,12,16,21H,8-11,13H2,1-5H3. The summed E-state index contributed by atoms with van der Waals surface area (Å²) in [7, 11) is 0. The van der Waals surface area contributed by atoms with Crippen LogP contribution in [0.4, 0.5) is 4.79 Å². The molecule has 138 valence electrons. The van der Waals surface area contributed by atoms with Crippen LogP contribution in [0.1, 0.15) is 58.2 Å². The zero-order chi connectivity index (χ0) is 18.2. The van der Waals surface area contributed by atoms with E-state index in [1.54, 1.807) is 0 Å². The number of rotatable bonds is 1. The van der Waals surface area contributed by atoms with Gasteiger partial charge in [0, 0.05) is 19.6 Å². The lowest BCUT2D eigenvalue weighted by atomic mass is 9.91. The first-order valence-electron chi connectivity index (χ1n) is 9.17. The molecule has 1 fully saturated rings. The maximum absolute atomic E-state index is 12.6. The molecule has 1 aromatic carbocycles. The zero-order valence-corrected chi connectivity index (χ0v) is 16.0. The van der Waals surface area contributed by atoms with Crippen molar-refractivity contribution in [1.82, 2.24) is 10.2 Å². The second-order valence-electron chi connectivity index (χ2n) is 8.62. The van der Waals surface area contributed by atoms with Crippen molar-refractivity contribution < 1.29 is 14.3 Å². The summed E-state index contributed by atoms with van der Waals surface area (Å²) in [5, 5.41) is 3.39. The van der Waals surface area contributed by atoms with Gasteiger partial charge in [-0.15, -0.1) is 0 Å². The van der Waals surface area contributed by atoms with Crippen molar-refractivity contribution in [2.24, 2.45) is 0 Å². The van der Waals surface area contributed by atoms with Crippen LogP contribution in [0, 0.1) is 0 Å². The third-order valence-electron chi connectivity index (χ3n) is 4.72. The van der Waals surface area contributed by atoms with Crippen molar-refractivity contribution in [3.05, 3.63) is 29.3 Å². The van der Waals surface area contributed by atoms with E-state index in [1.807, 2.05) is 31.7 Å². The Kier molecular flexibility index (Phi) is 4.71. The molecule has 1 N–H and O–H groups in total. The molecular formula is C20H30N2O3. The average Bonchev–Trinajstić information content (AvgIpc) is 2.52. The molecule has 3 rings (SSSR count). The summed E-state index contributed by atoms with van der Waals surface area (Å²) in [6, 6.07) is 6.31. The first-order chi connectivity index (χ1) is 11.6. The molecule has 0 aromatic heterocycles. The number of benzene rings is 1. The van der Waals surface area contributed by atoms with E-state index in [0.29, 0.717) is 6.54 Å². The van der Waals surface area contributed by atoms with Crippen molar-refractivity contribution in [3.8, 4) is 5.75 Å². The van der Waals surface area contributed by atoms with Gasteiger partial charge in [0.2, 0.25) is 0 Å². The molecule has 5 heteroatoms. The Hall–Kier alpha value is -1.75. The predicted octanol–water partition coefficient (Wildman–Crippen LogP) is 3.67. The summed E-state index contributed by atoms with van der Waals surface area (Å²) in [5.74, 6) is 0.965. The van der Waals surface area contributed by atoms with E-state index >= 15 is 0 Å². The second kappa shape index (κ2) is 6.52. The van der Waals surface area contributed by atoms with Gasteiger partial charge in [-0.25, -0.2) is 4.79 Å². The zero-order valence-electron chi connectivity index (χ0n) is 16.0. The summed E-state index contributed by atoms with van der Waals surface area (Å²) >= 11 is 0. The Morgan fingerprint density at radius 3 is 2.84 bits per heavy atom. The number of aryl methyl sites for hydroxylation is 1. The molecule has 0 radical (unpaired) electrons. The molecule has 2 aliphatic rings. The summed E-state index contributed by atoms with van der Waals surface area (Å²) in [6.07, 6.45) is 1.76. The lowest BCUT2D eigenvalue weighted by Crippen LogP contribution is -2.50. The second-order valence-corrected chi connectivity index (χ2v) is 8.62. The van der Waals surface area contributed by atoms with Crippen LogP contribution in [0.25, 0.3) is 0 Å². The Bertz CT molecular complexity index is 649. The van der Waals surface area contributed by atoms with E-state index in [9.17, 15) is 4.79 Å². The van der Waals surface area contributed by atoms with Crippen LogP contribution >= 0.6 is 0 Å². The molecule has 2 heterocycles. The third kappa shape index (κ3) is 4.27. The Labute approximate surface area is 150 Å². The fraction of sp³-hybridized carbons (Fsp3) is 0.650. The number of hydrogen-bond donors (Lipinski definition) is 1. The largest absolute Gasteiger partial charge is 0.488 e. The number of amides is 1. The minimum Gasteiger partial charge on any atom is -0.488 e. The molecular weight excluding hydrogens is 316 g/mol. The molecule has 2 aliphatic heterocycles. The molecule has 1 amide bonds. The average molecular weight is 346 g/mol. The molecule has 25 heavy (non-hydrogen) atoms. The highest BCUT2D eigenvalue weighted by atomic mass is 16.6. The molecule has 1 atom stereocenters. The summed E-state index contributed by atoms with van der Waals surface area (Å²) in [6.45, 7) is 12.1. The van der Waals surface area contributed by atoms with E-state index in [1.165, 1.54) is 5.56 Å². The van der Waals surface area contributed by atoms with Gasteiger partial charge in [-0.1, -0.05) is 6.07 Å². The van der Waals surface area contributed by atoms with Crippen molar-refractivity contribution in [1.29, 1.82) is 0 Å². The normalized spacial score (nSPS) is 22.8. The van der Waals surface area contributed by atoms with Gasteiger partial charge < -0.3 is 14.8 Å². The Morgan fingerprint density at radius 2 is 2.12 bits per heavy atom. The van der Waals surface area contributed by atoms with Crippen molar-refractivity contribution in [2.75, 3.05) is 19.6 Å². The quantitative estimate of drug-likeness (QED) is 0.843. The summed E-state index contributed by atoms with van der Waals surface area (Å²) in [5.41, 5.74) is 1.78. The number of ether oxygens (including phenoxy) is 2. The highest BCUT2D eigenvalue weighted by Crippen LogP contribution is 2.35. The van der Waals surface area contributed by atoms with Gasteiger partial charge in [0.1, 0.15) is 17.0 Å². The Balaban J connectivity index is 1.82. The molecule has 1 saturated heterocycles. The number of hydrogen-bond acceptors (Lipinski definition) is 4. The van der Waals surface area contributed by atoms with Crippen LogP contribution in [-0.4, -0.2) is 41.8 Å². The van der Waals surface area contributed by atoms with E-state index in [-0.39, 0.29) is 17.7 Å². The molecule has 0 saturated carbocycles. The maximum Gasteiger partial charge on any atom is 0.410 e. The van der Waals surface area contributed by atoms with Crippen LogP contribution in [-0.2, 0) is 11.2 Å². The van der Waals surface area contributed by atoms with Gasteiger partial charge in [-0.2, -0.15) is 0 Å². The van der Waals surface area contributed by atoms with Gasteiger partial charge in [-0.05, 0) is 70.7 Å². The van der Waals surface area contributed by atoms with Gasteiger partial charge in [0.05, 0.1) is 6.04 Å². The molecule has 1 unspecified atom stereocenters. The number of carbonyl (C=O) groups is 1. The Morgan fingerprint density at radius 1 is 1.36 bits per heavy atom. The SMILES string of the molecule is CC(C)(C)OC(=O)N1CCNCC1c1ccc2c(c1)CCC(C)(C)O2. The van der Waals surface area contributed by atoms with Gasteiger partial charge in [-0.3, -0.25) is 4.90 Å². The lowest BCUT2D eigenvalue weighted by molar-refractivity contribution is 0.0118. The highest BCUT2D eigenvalue weighted by molar-refractivity contribution is 5.69. The summed E-state index contributed by atoms with van der Waals surface area (Å²) in [4.78, 5) is 14.5. The predicted molar refractivity (Wildman–Crippen MR) is 98.0 cm³/mol. The number of nitrogens with one attached hydrogen (secondary N) is 1. The van der Waals surface area contributed by atoms with Gasteiger partial charge in [0.15, 0.2) is 0 Å². The number of fused-ring (bicyclic) bond motifs is 1. The first kappa shape index (κ1) is 18.1. The fourth-order valence-corrected chi connectivity index (χ4v) is 3.43. The minimum absolute atomic E-state index is 0.0103. The minimum atomic E-state index is -0.484. The van der Waals surface area contributed by atoms with Crippen LogP contribution in [0.5, 0.6) is 5.75 Å². The van der Waals surface area contributed by atoms with Crippen molar-refractivity contribution in [2.45, 2.75) is 64.7 Å². The molecule has 0 spiro atoms. The first-order valence-corrected chi connectivity index (χ1v) is 9.17. The smallest absolute Gasteiger partial charge is 0.410 e. The van der Waals surface area contributed by atoms with E-state index in [0.717, 1.165) is 37.2 Å². The molecule has 0 bridgehead atoms. The van der Waals surface area contributed by atoms with Crippen LogP contribution in [0.15, 0.2) is 18.2 Å². The van der Waals surface area contributed by atoms with Crippen LogP contribution in [0.3, 0.4) is 0 Å². The van der Waals surface area contributed by atoms with Crippen LogP contribution in [0.2, 0.25) is 0 Å². The van der Waals surface area contributed by atoms with Crippen molar-refractivity contribution in [3.63, 3.8) is 0 Å². The fourth-order valence-electron chi connectivity index (χ4n) is 3.43. The summed E-state index contributed by atoms with van der Waals surface area (Å²) < 4.78 is 11.7. The monoisotopic (exact) mass is 346 g/mol. The van der Waals surface area contributed by atoms with E-state index < -0.39 is 5.60 Å². The van der Waals surface area contributed by atoms with Gasteiger partial charge >= 0.3 is 6.09 Å². The number of nitrogens with zero attached hydrogens (tertiary/aromatic N) is 1. The maximum atomic E-state index is 12.6. The third-order valence-corrected chi connectivity index (χ3v) is 4.72. The molecule has 0 aliphatic carbocycles. The van der Waals surface area contributed by atoms with Crippen molar-refractivity contribution >= 4 is 6.09 Å². The molecule has 5 nitrogen and oxygen atoms in total. The number of carbonyl (C=O) groups excluding carboxylic acids is 1. The van der Waals surface area contributed by atoms with Crippen LogP contribution < -0.4 is 10.1 Å². The van der Waals surface area contributed by atoms with E-state index in [2.05, 4.69) is 31.3 Å². The van der Waals surface area contributed by atoms with Gasteiger partial charge in [0.25, 0.3) is 0 Å². The highest BCUT2D eigenvalue weighted by Gasteiger charge is 2.33. The van der Waals surface area contributed by atoms with E-state index in [4.69, 9.17) is 9.47 Å². The molecule has 1 aromatic rings. The topological polar surface area (TPSA) is 50.8 Å².